The van der Waals surface area contributed by atoms with Crippen molar-refractivity contribution < 1.29 is 23.1 Å². The summed E-state index contributed by atoms with van der Waals surface area (Å²) in [6.07, 6.45) is 0. The smallest absolute Gasteiger partial charge is 0.258 e. The van der Waals surface area contributed by atoms with Crippen LogP contribution in [0.2, 0.25) is 0 Å². The third-order valence-electron chi connectivity index (χ3n) is 5.07. The van der Waals surface area contributed by atoms with Gasteiger partial charge in [0.2, 0.25) is 5.91 Å². The molecular formula is C24H20F2N2O3. The number of anilines is 1. The highest BCUT2D eigenvalue weighted by molar-refractivity contribution is 6.02. The number of fused-ring (bicyclic) bond motifs is 1. The van der Waals surface area contributed by atoms with Crippen LogP contribution in [0.1, 0.15) is 34.5 Å². The molecule has 1 aliphatic rings. The fourth-order valence-corrected chi connectivity index (χ4v) is 3.75. The molecule has 31 heavy (non-hydrogen) atoms. The molecule has 0 aliphatic carbocycles. The summed E-state index contributed by atoms with van der Waals surface area (Å²) in [4.78, 5) is 27.6. The Morgan fingerprint density at radius 2 is 1.77 bits per heavy atom. The van der Waals surface area contributed by atoms with Gasteiger partial charge in [-0.3, -0.25) is 9.59 Å². The van der Waals surface area contributed by atoms with Gasteiger partial charge in [0, 0.05) is 11.3 Å². The van der Waals surface area contributed by atoms with Gasteiger partial charge in [0.05, 0.1) is 18.2 Å². The molecule has 2 amide bonds. The number of carbonyl (C=O) groups excluding carboxylic acids is 2. The molecule has 3 aromatic carbocycles. The van der Waals surface area contributed by atoms with Crippen molar-refractivity contribution >= 4 is 17.5 Å². The second-order valence-corrected chi connectivity index (χ2v) is 7.10. The van der Waals surface area contributed by atoms with Crippen LogP contribution >= 0.6 is 0 Å². The van der Waals surface area contributed by atoms with Crippen molar-refractivity contribution in [3.8, 4) is 5.75 Å². The molecule has 7 heteroatoms. The average Bonchev–Trinajstić information content (AvgIpc) is 2.90. The number of hydrogen-bond donors (Lipinski definition) is 1. The second-order valence-electron chi connectivity index (χ2n) is 7.10. The fraction of sp³-hybridized carbons (Fsp3) is 0.167. The maximum Gasteiger partial charge on any atom is 0.258 e. The van der Waals surface area contributed by atoms with Crippen molar-refractivity contribution in [2.24, 2.45) is 0 Å². The second kappa shape index (κ2) is 8.55. The van der Waals surface area contributed by atoms with Crippen molar-refractivity contribution in [3.05, 3.63) is 95.1 Å². The van der Waals surface area contributed by atoms with Crippen LogP contribution in [0.15, 0.2) is 66.7 Å². The number of nitrogens with one attached hydrogen (secondary N) is 1. The van der Waals surface area contributed by atoms with Crippen LogP contribution in [0.5, 0.6) is 5.75 Å². The van der Waals surface area contributed by atoms with Gasteiger partial charge in [-0.05, 0) is 55.0 Å². The van der Waals surface area contributed by atoms with E-state index in [0.29, 0.717) is 29.2 Å². The minimum Gasteiger partial charge on any atom is -0.493 e. The Bertz CT molecular complexity index is 1130. The summed E-state index contributed by atoms with van der Waals surface area (Å²) in [5.41, 5.74) is 1.63. The van der Waals surface area contributed by atoms with Crippen LogP contribution in [-0.4, -0.2) is 29.9 Å². The van der Waals surface area contributed by atoms with Crippen LogP contribution in [-0.2, 0) is 4.79 Å². The lowest BCUT2D eigenvalue weighted by Crippen LogP contribution is -2.39. The number of carbonyl (C=O) groups is 2. The molecule has 1 heterocycles. The molecule has 0 saturated heterocycles. The molecule has 158 valence electrons. The first-order valence-corrected chi connectivity index (χ1v) is 9.85. The molecule has 4 rings (SSSR count). The number of amides is 2. The average molecular weight is 422 g/mol. The monoisotopic (exact) mass is 422 g/mol. The summed E-state index contributed by atoms with van der Waals surface area (Å²) in [7, 11) is 0. The number of nitrogens with zero attached hydrogens (tertiary/aromatic N) is 1. The van der Waals surface area contributed by atoms with Gasteiger partial charge >= 0.3 is 0 Å². The van der Waals surface area contributed by atoms with E-state index in [0.717, 1.165) is 0 Å². The number of para-hydroxylation sites is 1. The highest BCUT2D eigenvalue weighted by atomic mass is 19.1. The van der Waals surface area contributed by atoms with E-state index in [1.165, 1.54) is 47.4 Å². The Labute approximate surface area is 178 Å². The minimum absolute atomic E-state index is 0.266. The molecule has 1 N–H and O–H groups in total. The predicted molar refractivity (Wildman–Crippen MR) is 112 cm³/mol. The van der Waals surface area contributed by atoms with Gasteiger partial charge in [-0.25, -0.2) is 8.78 Å². The quantitative estimate of drug-likeness (QED) is 0.671. The third kappa shape index (κ3) is 4.12. The standard InChI is InChI=1S/C24H20F2N2O3/c1-2-31-21-6-4-3-5-18(21)24(30)28-14-22(29)27-20-12-11-17(26)13-19(20)23(28)15-7-9-16(25)10-8-15/h3-13,23H,2,14H2,1H3,(H,27,29)/t23-/m1/s1. The molecule has 0 bridgehead atoms. The molecule has 1 aliphatic heterocycles. The van der Waals surface area contributed by atoms with E-state index in [-0.39, 0.29) is 12.1 Å². The molecule has 0 aromatic heterocycles. The van der Waals surface area contributed by atoms with Crippen molar-refractivity contribution in [2.45, 2.75) is 13.0 Å². The molecule has 3 aromatic rings. The zero-order valence-corrected chi connectivity index (χ0v) is 16.8. The van der Waals surface area contributed by atoms with Gasteiger partial charge in [0.1, 0.15) is 23.9 Å². The van der Waals surface area contributed by atoms with Gasteiger partial charge < -0.3 is 15.0 Å². The maximum atomic E-state index is 14.2. The SMILES string of the molecule is CCOc1ccccc1C(=O)N1CC(=O)Nc2ccc(F)cc2[C@H]1c1ccc(F)cc1. The van der Waals surface area contributed by atoms with Crippen LogP contribution in [0.25, 0.3) is 0 Å². The zero-order chi connectivity index (χ0) is 22.0. The number of halogens is 2. The Kier molecular flexibility index (Phi) is 5.66. The lowest BCUT2D eigenvalue weighted by molar-refractivity contribution is -0.117. The molecule has 0 saturated carbocycles. The number of rotatable bonds is 4. The first-order valence-electron chi connectivity index (χ1n) is 9.85. The van der Waals surface area contributed by atoms with Crippen LogP contribution in [0, 0.1) is 11.6 Å². The predicted octanol–water partition coefficient (Wildman–Crippen LogP) is 4.55. The summed E-state index contributed by atoms with van der Waals surface area (Å²) in [6.45, 7) is 1.90. The van der Waals surface area contributed by atoms with Gasteiger partial charge in [-0.15, -0.1) is 0 Å². The first-order chi connectivity index (χ1) is 15.0. The van der Waals surface area contributed by atoms with E-state index in [2.05, 4.69) is 5.32 Å². The molecule has 0 unspecified atom stereocenters. The minimum atomic E-state index is -0.813. The van der Waals surface area contributed by atoms with Gasteiger partial charge in [-0.2, -0.15) is 0 Å². The van der Waals surface area contributed by atoms with Crippen LogP contribution < -0.4 is 10.1 Å². The van der Waals surface area contributed by atoms with Crippen LogP contribution in [0.3, 0.4) is 0 Å². The Morgan fingerprint density at radius 3 is 2.52 bits per heavy atom. The molecule has 0 radical (unpaired) electrons. The Balaban J connectivity index is 1.89. The fourth-order valence-electron chi connectivity index (χ4n) is 3.75. The van der Waals surface area contributed by atoms with Gasteiger partial charge in [0.25, 0.3) is 5.91 Å². The lowest BCUT2D eigenvalue weighted by Gasteiger charge is -2.31. The third-order valence-corrected chi connectivity index (χ3v) is 5.07. The largest absolute Gasteiger partial charge is 0.493 e. The summed E-state index contributed by atoms with van der Waals surface area (Å²) >= 11 is 0. The summed E-state index contributed by atoms with van der Waals surface area (Å²) in [5, 5.41) is 2.73. The number of ether oxygens (including phenoxy) is 1. The number of benzene rings is 3. The van der Waals surface area contributed by atoms with Gasteiger partial charge in [0.15, 0.2) is 0 Å². The molecule has 1 atom stereocenters. The molecule has 5 nitrogen and oxygen atoms in total. The van der Waals surface area contributed by atoms with Gasteiger partial charge in [-0.1, -0.05) is 24.3 Å². The zero-order valence-electron chi connectivity index (χ0n) is 16.8. The Morgan fingerprint density at radius 1 is 1.06 bits per heavy atom. The molecule has 0 fully saturated rings. The van der Waals surface area contributed by atoms with Crippen molar-refractivity contribution in [1.29, 1.82) is 0 Å². The topological polar surface area (TPSA) is 58.6 Å². The summed E-state index contributed by atoms with van der Waals surface area (Å²) in [6, 6.07) is 15.5. The van der Waals surface area contributed by atoms with Crippen molar-refractivity contribution in [2.75, 3.05) is 18.5 Å². The van der Waals surface area contributed by atoms with Crippen LogP contribution in [0.4, 0.5) is 14.5 Å². The molecular weight excluding hydrogens is 402 g/mol. The van der Waals surface area contributed by atoms with E-state index in [1.54, 1.807) is 31.2 Å². The first kappa shape index (κ1) is 20.5. The van der Waals surface area contributed by atoms with E-state index in [1.807, 2.05) is 0 Å². The van der Waals surface area contributed by atoms with E-state index in [4.69, 9.17) is 4.74 Å². The van der Waals surface area contributed by atoms with E-state index >= 15 is 0 Å². The lowest BCUT2D eigenvalue weighted by atomic mass is 9.95. The number of hydrogen-bond acceptors (Lipinski definition) is 3. The summed E-state index contributed by atoms with van der Waals surface area (Å²) < 4.78 is 33.4. The highest BCUT2D eigenvalue weighted by Crippen LogP contribution is 2.37. The highest BCUT2D eigenvalue weighted by Gasteiger charge is 2.35. The van der Waals surface area contributed by atoms with E-state index in [9.17, 15) is 18.4 Å². The normalized spacial score (nSPS) is 15.6. The molecule has 0 spiro atoms. The van der Waals surface area contributed by atoms with Crippen molar-refractivity contribution in [1.82, 2.24) is 4.90 Å². The van der Waals surface area contributed by atoms with Crippen molar-refractivity contribution in [3.63, 3.8) is 0 Å². The Hall–Kier alpha value is -3.74. The maximum absolute atomic E-state index is 14.2. The summed E-state index contributed by atoms with van der Waals surface area (Å²) in [5.74, 6) is -1.43. The van der Waals surface area contributed by atoms with E-state index < -0.39 is 29.5 Å².